The predicted octanol–water partition coefficient (Wildman–Crippen LogP) is 1.45. The highest BCUT2D eigenvalue weighted by Crippen LogP contribution is 2.07. The van der Waals surface area contributed by atoms with E-state index in [-0.39, 0.29) is 12.6 Å². The molecule has 0 spiro atoms. The zero-order chi connectivity index (χ0) is 11.2. The van der Waals surface area contributed by atoms with Gasteiger partial charge in [-0.3, -0.25) is 0 Å². The Morgan fingerprint density at radius 3 is 2.57 bits per heavy atom. The number of aliphatic hydroxyl groups excluding tert-OH is 1. The van der Waals surface area contributed by atoms with Crippen LogP contribution in [0.4, 0.5) is 4.79 Å². The highest BCUT2D eigenvalue weighted by atomic mass is 16.6. The first kappa shape index (κ1) is 13.0. The minimum absolute atomic E-state index is 0.120. The van der Waals surface area contributed by atoms with Gasteiger partial charge in [0.2, 0.25) is 0 Å². The Morgan fingerprint density at radius 2 is 2.21 bits per heavy atom. The van der Waals surface area contributed by atoms with Crippen molar-refractivity contribution in [3.05, 3.63) is 12.7 Å². The van der Waals surface area contributed by atoms with Gasteiger partial charge in [0, 0.05) is 0 Å². The molecule has 82 valence electrons. The molecule has 0 fully saturated rings. The number of amides is 1. The molecule has 2 N–H and O–H groups in total. The molecule has 4 nitrogen and oxygen atoms in total. The van der Waals surface area contributed by atoms with E-state index < -0.39 is 11.7 Å². The molecule has 0 aromatic rings. The average molecular weight is 201 g/mol. The van der Waals surface area contributed by atoms with Crippen LogP contribution < -0.4 is 5.32 Å². The van der Waals surface area contributed by atoms with E-state index in [2.05, 4.69) is 11.9 Å². The van der Waals surface area contributed by atoms with Crippen LogP contribution in [0.15, 0.2) is 12.7 Å². The topological polar surface area (TPSA) is 58.6 Å². The summed E-state index contributed by atoms with van der Waals surface area (Å²) in [6, 6.07) is -0.317. The van der Waals surface area contributed by atoms with Crippen LogP contribution in [-0.2, 0) is 4.74 Å². The van der Waals surface area contributed by atoms with Crippen LogP contribution in [0.2, 0.25) is 0 Å². The van der Waals surface area contributed by atoms with Crippen molar-refractivity contribution in [1.29, 1.82) is 0 Å². The van der Waals surface area contributed by atoms with Crippen LogP contribution in [-0.4, -0.2) is 29.4 Å². The summed E-state index contributed by atoms with van der Waals surface area (Å²) in [7, 11) is 0. The lowest BCUT2D eigenvalue weighted by Gasteiger charge is -2.22. The Bertz CT molecular complexity index is 196. The van der Waals surface area contributed by atoms with Crippen molar-refractivity contribution >= 4 is 6.09 Å². The number of rotatable bonds is 4. The van der Waals surface area contributed by atoms with Crippen molar-refractivity contribution < 1.29 is 14.6 Å². The summed E-state index contributed by atoms with van der Waals surface area (Å²) < 4.78 is 5.02. The Kier molecular flexibility index (Phi) is 5.23. The van der Waals surface area contributed by atoms with E-state index in [1.54, 1.807) is 26.8 Å². The quantitative estimate of drug-likeness (QED) is 0.677. The van der Waals surface area contributed by atoms with Crippen molar-refractivity contribution in [2.24, 2.45) is 0 Å². The molecule has 4 heteroatoms. The van der Waals surface area contributed by atoms with Gasteiger partial charge in [-0.05, 0) is 27.2 Å². The fraction of sp³-hybridized carbons (Fsp3) is 0.700. The van der Waals surface area contributed by atoms with Crippen LogP contribution in [0.5, 0.6) is 0 Å². The number of ether oxygens (including phenoxy) is 1. The number of nitrogens with one attached hydrogen (secondary N) is 1. The Hall–Kier alpha value is -1.03. The first-order chi connectivity index (χ1) is 6.39. The van der Waals surface area contributed by atoms with E-state index in [4.69, 9.17) is 9.84 Å². The molecule has 0 aromatic carbocycles. The maximum Gasteiger partial charge on any atom is 0.407 e. The Labute approximate surface area is 85.0 Å². The average Bonchev–Trinajstić information content (AvgIpc) is 2.00. The van der Waals surface area contributed by atoms with E-state index in [1.807, 2.05) is 0 Å². The molecule has 0 aliphatic rings. The first-order valence-electron chi connectivity index (χ1n) is 4.60. The molecule has 0 bridgehead atoms. The molecule has 0 saturated carbocycles. The molecular weight excluding hydrogens is 182 g/mol. The van der Waals surface area contributed by atoms with Gasteiger partial charge in [-0.2, -0.15) is 0 Å². The molecule has 0 aliphatic heterocycles. The molecule has 0 aliphatic carbocycles. The van der Waals surface area contributed by atoms with E-state index in [0.717, 1.165) is 0 Å². The van der Waals surface area contributed by atoms with Crippen molar-refractivity contribution in [3.63, 3.8) is 0 Å². The standard InChI is InChI=1S/C10H19NO3/c1-5-6-8(7-12)11-9(13)14-10(2,3)4/h5,8,12H,1,6-7H2,2-4H3,(H,11,13)/t8-/m1/s1. The van der Waals surface area contributed by atoms with Gasteiger partial charge in [-0.15, -0.1) is 6.58 Å². The van der Waals surface area contributed by atoms with Gasteiger partial charge in [-0.25, -0.2) is 4.79 Å². The number of carbonyl (C=O) groups is 1. The number of carbonyl (C=O) groups excluding carboxylic acids is 1. The maximum absolute atomic E-state index is 11.2. The largest absolute Gasteiger partial charge is 0.444 e. The SMILES string of the molecule is C=CC[C@H](CO)NC(=O)OC(C)(C)C. The number of hydrogen-bond acceptors (Lipinski definition) is 3. The van der Waals surface area contributed by atoms with Gasteiger partial charge in [0.15, 0.2) is 0 Å². The highest BCUT2D eigenvalue weighted by Gasteiger charge is 2.18. The summed E-state index contributed by atoms with van der Waals surface area (Å²) in [5, 5.41) is 11.4. The summed E-state index contributed by atoms with van der Waals surface area (Å²) in [5.74, 6) is 0. The zero-order valence-electron chi connectivity index (χ0n) is 9.04. The van der Waals surface area contributed by atoms with E-state index in [0.29, 0.717) is 6.42 Å². The molecule has 0 unspecified atom stereocenters. The molecule has 1 amide bonds. The third-order valence-electron chi connectivity index (χ3n) is 1.39. The molecule has 0 saturated heterocycles. The van der Waals surface area contributed by atoms with Gasteiger partial charge in [0.25, 0.3) is 0 Å². The second kappa shape index (κ2) is 5.65. The van der Waals surface area contributed by atoms with Crippen molar-refractivity contribution in [1.82, 2.24) is 5.32 Å². The second-order valence-corrected chi connectivity index (χ2v) is 4.05. The predicted molar refractivity (Wildman–Crippen MR) is 55.1 cm³/mol. The molecule has 0 aromatic heterocycles. The van der Waals surface area contributed by atoms with Crippen LogP contribution in [0.3, 0.4) is 0 Å². The van der Waals surface area contributed by atoms with Crippen molar-refractivity contribution in [2.75, 3.05) is 6.61 Å². The van der Waals surface area contributed by atoms with E-state index in [9.17, 15) is 4.79 Å². The fourth-order valence-electron chi connectivity index (χ4n) is 0.855. The van der Waals surface area contributed by atoms with Crippen LogP contribution >= 0.6 is 0 Å². The maximum atomic E-state index is 11.2. The highest BCUT2D eigenvalue weighted by molar-refractivity contribution is 5.68. The number of alkyl carbamates (subject to hydrolysis) is 1. The number of hydrogen-bond donors (Lipinski definition) is 2. The zero-order valence-corrected chi connectivity index (χ0v) is 9.04. The summed E-state index contributed by atoms with van der Waals surface area (Å²) in [6.45, 7) is 8.76. The summed E-state index contributed by atoms with van der Waals surface area (Å²) in [6.07, 6.45) is 1.65. The molecule has 1 atom stereocenters. The number of aliphatic hydroxyl groups is 1. The minimum Gasteiger partial charge on any atom is -0.444 e. The van der Waals surface area contributed by atoms with E-state index >= 15 is 0 Å². The van der Waals surface area contributed by atoms with Crippen molar-refractivity contribution in [2.45, 2.75) is 38.8 Å². The third kappa shape index (κ3) is 6.48. The van der Waals surface area contributed by atoms with Gasteiger partial charge in [-0.1, -0.05) is 6.08 Å². The monoisotopic (exact) mass is 201 g/mol. The van der Waals surface area contributed by atoms with Gasteiger partial charge >= 0.3 is 6.09 Å². The summed E-state index contributed by atoms with van der Waals surface area (Å²) >= 11 is 0. The molecule has 0 heterocycles. The molecule has 14 heavy (non-hydrogen) atoms. The molecule has 0 radical (unpaired) electrons. The fourth-order valence-corrected chi connectivity index (χ4v) is 0.855. The van der Waals surface area contributed by atoms with Gasteiger partial charge in [0.05, 0.1) is 12.6 Å². The van der Waals surface area contributed by atoms with Gasteiger partial charge < -0.3 is 15.2 Å². The smallest absolute Gasteiger partial charge is 0.407 e. The first-order valence-corrected chi connectivity index (χ1v) is 4.60. The lowest BCUT2D eigenvalue weighted by molar-refractivity contribution is 0.0484. The Morgan fingerprint density at radius 1 is 1.64 bits per heavy atom. The lowest BCUT2D eigenvalue weighted by atomic mass is 10.2. The molecule has 0 rings (SSSR count). The molecular formula is C10H19NO3. The summed E-state index contributed by atoms with van der Waals surface area (Å²) in [5.41, 5.74) is -0.516. The summed E-state index contributed by atoms with van der Waals surface area (Å²) in [4.78, 5) is 11.2. The third-order valence-corrected chi connectivity index (χ3v) is 1.39. The van der Waals surface area contributed by atoms with Crippen molar-refractivity contribution in [3.8, 4) is 0 Å². The second-order valence-electron chi connectivity index (χ2n) is 4.05. The Balaban J connectivity index is 3.96. The normalized spacial score (nSPS) is 13.1. The van der Waals surface area contributed by atoms with Crippen LogP contribution in [0.1, 0.15) is 27.2 Å². The van der Waals surface area contributed by atoms with E-state index in [1.165, 1.54) is 0 Å². The van der Waals surface area contributed by atoms with Gasteiger partial charge in [0.1, 0.15) is 5.60 Å². The van der Waals surface area contributed by atoms with Crippen LogP contribution in [0, 0.1) is 0 Å². The lowest BCUT2D eigenvalue weighted by Crippen LogP contribution is -2.40. The van der Waals surface area contributed by atoms with Crippen LogP contribution in [0.25, 0.3) is 0 Å². The minimum atomic E-state index is -0.516.